The molecule has 0 saturated heterocycles. The van der Waals surface area contributed by atoms with Crippen molar-refractivity contribution in [2.45, 2.75) is 52.4 Å². The van der Waals surface area contributed by atoms with Crippen LogP contribution in [0, 0.1) is 11.8 Å². The summed E-state index contributed by atoms with van der Waals surface area (Å²) in [6.45, 7) is 6.25. The average molecular weight is 276 g/mol. The summed E-state index contributed by atoms with van der Waals surface area (Å²) in [5, 5.41) is 3.45. The van der Waals surface area contributed by atoms with Gasteiger partial charge in [-0.25, -0.2) is 4.98 Å². The molecule has 1 N–H and O–H groups in total. The molecule has 0 aliphatic heterocycles. The van der Waals surface area contributed by atoms with Crippen molar-refractivity contribution >= 4 is 5.82 Å². The van der Waals surface area contributed by atoms with E-state index in [1.165, 1.54) is 32.1 Å². The second-order valence-electron chi connectivity index (χ2n) is 6.05. The molecule has 2 unspecified atom stereocenters. The Hall–Kier alpha value is -1.25. The molecule has 2 atom stereocenters. The van der Waals surface area contributed by atoms with Gasteiger partial charge in [-0.05, 0) is 43.2 Å². The monoisotopic (exact) mass is 276 g/mol. The fourth-order valence-electron chi connectivity index (χ4n) is 3.07. The molecular weight excluding hydrogens is 248 g/mol. The zero-order valence-electron chi connectivity index (χ0n) is 12.9. The highest BCUT2D eigenvalue weighted by Crippen LogP contribution is 2.30. The summed E-state index contributed by atoms with van der Waals surface area (Å²) in [7, 11) is 0. The lowest BCUT2D eigenvalue weighted by atomic mass is 9.81. The van der Waals surface area contributed by atoms with Crippen molar-refractivity contribution in [1.82, 2.24) is 4.98 Å². The summed E-state index contributed by atoms with van der Waals surface area (Å²) in [6.07, 6.45) is 9.70. The number of hydrogen-bond acceptors (Lipinski definition) is 3. The van der Waals surface area contributed by atoms with Crippen LogP contribution in [-0.2, 0) is 0 Å². The van der Waals surface area contributed by atoms with Gasteiger partial charge in [0.1, 0.15) is 0 Å². The summed E-state index contributed by atoms with van der Waals surface area (Å²) < 4.78 is 5.72. The van der Waals surface area contributed by atoms with E-state index in [1.807, 2.05) is 18.3 Å². The first-order valence-electron chi connectivity index (χ1n) is 8.11. The molecule has 2 rings (SSSR count). The third-order valence-corrected chi connectivity index (χ3v) is 4.12. The molecule has 0 aromatic carbocycles. The van der Waals surface area contributed by atoms with Crippen LogP contribution in [-0.4, -0.2) is 18.1 Å². The molecule has 1 fully saturated rings. The summed E-state index contributed by atoms with van der Waals surface area (Å²) >= 11 is 0. The maximum atomic E-state index is 5.72. The molecule has 1 aliphatic carbocycles. The predicted molar refractivity (Wildman–Crippen MR) is 84.3 cm³/mol. The molecule has 0 radical (unpaired) electrons. The maximum absolute atomic E-state index is 5.72. The number of pyridine rings is 1. The largest absolute Gasteiger partial charge is 0.490 e. The molecule has 0 spiro atoms. The minimum atomic E-state index is 0.751. The van der Waals surface area contributed by atoms with Gasteiger partial charge in [0, 0.05) is 12.7 Å². The highest BCUT2D eigenvalue weighted by molar-refractivity contribution is 5.49. The van der Waals surface area contributed by atoms with Crippen molar-refractivity contribution in [2.24, 2.45) is 11.8 Å². The molecule has 0 bridgehead atoms. The molecule has 1 heterocycles. The van der Waals surface area contributed by atoms with E-state index in [0.29, 0.717) is 0 Å². The molecule has 112 valence electrons. The van der Waals surface area contributed by atoms with Gasteiger partial charge in [-0.2, -0.15) is 0 Å². The number of ether oxygens (including phenoxy) is 1. The number of nitrogens with one attached hydrogen (secondary N) is 1. The van der Waals surface area contributed by atoms with Gasteiger partial charge in [-0.15, -0.1) is 0 Å². The topological polar surface area (TPSA) is 34.1 Å². The molecule has 3 heteroatoms. The van der Waals surface area contributed by atoms with Gasteiger partial charge in [0.25, 0.3) is 0 Å². The lowest BCUT2D eigenvalue weighted by molar-refractivity contribution is 0.274. The quantitative estimate of drug-likeness (QED) is 0.796. The van der Waals surface area contributed by atoms with Crippen LogP contribution in [0.1, 0.15) is 52.4 Å². The van der Waals surface area contributed by atoms with Crippen molar-refractivity contribution in [3.63, 3.8) is 0 Å². The van der Waals surface area contributed by atoms with Crippen molar-refractivity contribution in [2.75, 3.05) is 18.5 Å². The smallest absolute Gasteiger partial charge is 0.168 e. The molecular formula is C17H28N2O. The van der Waals surface area contributed by atoms with Gasteiger partial charge in [0.2, 0.25) is 0 Å². The normalized spacial score (nSPS) is 22.5. The van der Waals surface area contributed by atoms with E-state index in [-0.39, 0.29) is 0 Å². The lowest BCUT2D eigenvalue weighted by Crippen LogP contribution is -2.17. The third kappa shape index (κ3) is 4.69. The Kier molecular flexibility index (Phi) is 6.16. The lowest BCUT2D eigenvalue weighted by Gasteiger charge is -2.26. The van der Waals surface area contributed by atoms with Crippen LogP contribution in [0.5, 0.6) is 5.75 Å². The van der Waals surface area contributed by atoms with Crippen LogP contribution in [0.3, 0.4) is 0 Å². The van der Waals surface area contributed by atoms with E-state index < -0.39 is 0 Å². The highest BCUT2D eigenvalue weighted by atomic mass is 16.5. The van der Waals surface area contributed by atoms with E-state index in [0.717, 1.165) is 43.0 Å². The fourth-order valence-corrected chi connectivity index (χ4v) is 3.07. The molecule has 1 aromatic heterocycles. The summed E-state index contributed by atoms with van der Waals surface area (Å²) in [5.74, 6) is 3.57. The maximum Gasteiger partial charge on any atom is 0.168 e. The van der Waals surface area contributed by atoms with E-state index in [4.69, 9.17) is 4.74 Å². The van der Waals surface area contributed by atoms with Crippen molar-refractivity contribution in [3.05, 3.63) is 18.3 Å². The van der Waals surface area contributed by atoms with E-state index in [9.17, 15) is 0 Å². The average Bonchev–Trinajstić information content (AvgIpc) is 2.46. The van der Waals surface area contributed by atoms with Crippen LogP contribution < -0.4 is 10.1 Å². The van der Waals surface area contributed by atoms with Crippen LogP contribution >= 0.6 is 0 Å². The Morgan fingerprint density at radius 3 is 3.10 bits per heavy atom. The van der Waals surface area contributed by atoms with Crippen LogP contribution in [0.15, 0.2) is 18.3 Å². The standard InChI is InChI=1S/C17H28N2O/c1-3-12-20-16-8-5-10-18-17(16)19-11-9-15-7-4-6-14(2)13-15/h5,8,10,14-15H,3-4,6-7,9,11-13H2,1-2H3,(H,18,19). The molecule has 1 saturated carbocycles. The summed E-state index contributed by atoms with van der Waals surface area (Å²) in [4.78, 5) is 4.39. The predicted octanol–water partition coefficient (Wildman–Crippen LogP) is 4.50. The van der Waals surface area contributed by atoms with Gasteiger partial charge in [0.15, 0.2) is 11.6 Å². The zero-order chi connectivity index (χ0) is 14.2. The van der Waals surface area contributed by atoms with Gasteiger partial charge >= 0.3 is 0 Å². The third-order valence-electron chi connectivity index (χ3n) is 4.12. The van der Waals surface area contributed by atoms with Gasteiger partial charge in [-0.1, -0.05) is 33.1 Å². The number of anilines is 1. The molecule has 3 nitrogen and oxygen atoms in total. The Bertz CT molecular complexity index is 394. The first-order chi connectivity index (χ1) is 9.79. The SMILES string of the molecule is CCCOc1cccnc1NCCC1CCCC(C)C1. The highest BCUT2D eigenvalue weighted by Gasteiger charge is 2.18. The van der Waals surface area contributed by atoms with Crippen LogP contribution in [0.25, 0.3) is 0 Å². The molecule has 1 aromatic rings. The summed E-state index contributed by atoms with van der Waals surface area (Å²) in [5.41, 5.74) is 0. The number of hydrogen-bond donors (Lipinski definition) is 1. The van der Waals surface area contributed by atoms with Crippen LogP contribution in [0.2, 0.25) is 0 Å². The molecule has 20 heavy (non-hydrogen) atoms. The van der Waals surface area contributed by atoms with Gasteiger partial charge < -0.3 is 10.1 Å². The van der Waals surface area contributed by atoms with E-state index in [1.54, 1.807) is 0 Å². The molecule has 0 amide bonds. The fraction of sp³-hybridized carbons (Fsp3) is 0.706. The second kappa shape index (κ2) is 8.13. The van der Waals surface area contributed by atoms with Crippen molar-refractivity contribution in [3.8, 4) is 5.75 Å². The number of rotatable bonds is 7. The minimum absolute atomic E-state index is 0.751. The van der Waals surface area contributed by atoms with E-state index >= 15 is 0 Å². The van der Waals surface area contributed by atoms with Gasteiger partial charge in [0.05, 0.1) is 6.61 Å². The number of aromatic nitrogens is 1. The van der Waals surface area contributed by atoms with Crippen molar-refractivity contribution in [1.29, 1.82) is 0 Å². The molecule has 1 aliphatic rings. The first kappa shape index (κ1) is 15.1. The number of nitrogens with zero attached hydrogens (tertiary/aromatic N) is 1. The van der Waals surface area contributed by atoms with Crippen LogP contribution in [0.4, 0.5) is 5.82 Å². The Balaban J connectivity index is 1.78. The van der Waals surface area contributed by atoms with E-state index in [2.05, 4.69) is 24.1 Å². The minimum Gasteiger partial charge on any atom is -0.490 e. The Morgan fingerprint density at radius 2 is 2.30 bits per heavy atom. The Morgan fingerprint density at radius 1 is 1.40 bits per heavy atom. The van der Waals surface area contributed by atoms with Gasteiger partial charge in [-0.3, -0.25) is 0 Å². The second-order valence-corrected chi connectivity index (χ2v) is 6.05. The Labute approximate surface area is 123 Å². The zero-order valence-corrected chi connectivity index (χ0v) is 12.9. The van der Waals surface area contributed by atoms with Crippen molar-refractivity contribution < 1.29 is 4.74 Å². The first-order valence-corrected chi connectivity index (χ1v) is 8.11. The summed E-state index contributed by atoms with van der Waals surface area (Å²) in [6, 6.07) is 3.92.